The Morgan fingerprint density at radius 3 is 3.07 bits per heavy atom. The summed E-state index contributed by atoms with van der Waals surface area (Å²) in [4.78, 5) is 4.17. The molecule has 0 saturated heterocycles. The molecule has 2 heterocycles. The summed E-state index contributed by atoms with van der Waals surface area (Å²) in [5, 5.41) is 13.2. The summed E-state index contributed by atoms with van der Waals surface area (Å²) in [5.41, 5.74) is 6.71. The van der Waals surface area contributed by atoms with Crippen LogP contribution in [0.2, 0.25) is 5.15 Å². The van der Waals surface area contributed by atoms with Crippen molar-refractivity contribution in [2.24, 2.45) is 5.73 Å². The molecule has 0 aliphatic heterocycles. The zero-order valence-corrected chi connectivity index (χ0v) is 8.02. The summed E-state index contributed by atoms with van der Waals surface area (Å²) in [5.74, 6) is 0. The molecule has 0 aliphatic carbocycles. The second-order valence-electron chi connectivity index (χ2n) is 2.87. The molecule has 74 valence electrons. The van der Waals surface area contributed by atoms with Gasteiger partial charge in [-0.25, -0.2) is 9.50 Å². The van der Waals surface area contributed by atoms with E-state index >= 15 is 0 Å². The van der Waals surface area contributed by atoms with Gasteiger partial charge in [-0.3, -0.25) is 0 Å². The highest BCUT2D eigenvalue weighted by Gasteiger charge is 2.16. The first-order valence-electron chi connectivity index (χ1n) is 4.09. The van der Waals surface area contributed by atoms with Gasteiger partial charge in [0, 0.05) is 6.20 Å². The van der Waals surface area contributed by atoms with Crippen LogP contribution < -0.4 is 5.73 Å². The number of aliphatic hydroxyl groups is 1. The standard InChI is InChI=1S/C8H9ClN4O/c9-8-7(5(10)4-14)12-6-2-1-3-11-13(6)8/h1-3,5,14H,4,10H2. The lowest BCUT2D eigenvalue weighted by atomic mass is 10.2. The van der Waals surface area contributed by atoms with E-state index in [-0.39, 0.29) is 6.61 Å². The van der Waals surface area contributed by atoms with E-state index in [4.69, 9.17) is 22.4 Å². The number of halogens is 1. The van der Waals surface area contributed by atoms with E-state index in [2.05, 4.69) is 10.1 Å². The lowest BCUT2D eigenvalue weighted by Gasteiger charge is -2.03. The quantitative estimate of drug-likeness (QED) is 0.755. The maximum atomic E-state index is 8.88. The van der Waals surface area contributed by atoms with Gasteiger partial charge in [0.15, 0.2) is 10.8 Å². The Morgan fingerprint density at radius 1 is 1.64 bits per heavy atom. The zero-order valence-electron chi connectivity index (χ0n) is 7.26. The molecule has 14 heavy (non-hydrogen) atoms. The van der Waals surface area contributed by atoms with Crippen LogP contribution in [0.5, 0.6) is 0 Å². The number of hydrogen-bond acceptors (Lipinski definition) is 4. The maximum absolute atomic E-state index is 8.88. The lowest BCUT2D eigenvalue weighted by Crippen LogP contribution is -2.15. The highest BCUT2D eigenvalue weighted by atomic mass is 35.5. The van der Waals surface area contributed by atoms with Crippen molar-refractivity contribution in [2.75, 3.05) is 6.61 Å². The summed E-state index contributed by atoms with van der Waals surface area (Å²) in [7, 11) is 0. The molecule has 2 aromatic heterocycles. The molecule has 0 aromatic carbocycles. The Hall–Kier alpha value is -1.17. The van der Waals surface area contributed by atoms with Gasteiger partial charge in [-0.2, -0.15) is 5.10 Å². The first-order valence-corrected chi connectivity index (χ1v) is 4.47. The average molecular weight is 213 g/mol. The van der Waals surface area contributed by atoms with Crippen molar-refractivity contribution in [3.8, 4) is 0 Å². The fourth-order valence-corrected chi connectivity index (χ4v) is 1.51. The van der Waals surface area contributed by atoms with Gasteiger partial charge in [0.2, 0.25) is 0 Å². The molecule has 0 aliphatic rings. The monoisotopic (exact) mass is 212 g/mol. The van der Waals surface area contributed by atoms with Crippen molar-refractivity contribution in [3.63, 3.8) is 0 Å². The average Bonchev–Trinajstić information content (AvgIpc) is 2.56. The number of aliphatic hydroxyl groups excluding tert-OH is 1. The first-order chi connectivity index (χ1) is 6.74. The minimum Gasteiger partial charge on any atom is -0.394 e. The van der Waals surface area contributed by atoms with Crippen LogP contribution in [0.25, 0.3) is 5.65 Å². The van der Waals surface area contributed by atoms with E-state index in [0.29, 0.717) is 16.5 Å². The predicted octanol–water partition coefficient (Wildman–Crippen LogP) is 0.375. The minimum atomic E-state index is -0.566. The molecule has 5 nitrogen and oxygen atoms in total. The molecule has 0 radical (unpaired) electrons. The molecular weight excluding hydrogens is 204 g/mol. The van der Waals surface area contributed by atoms with Crippen molar-refractivity contribution in [1.29, 1.82) is 0 Å². The van der Waals surface area contributed by atoms with E-state index in [0.717, 1.165) is 0 Å². The van der Waals surface area contributed by atoms with Crippen molar-refractivity contribution in [3.05, 3.63) is 29.2 Å². The molecule has 0 saturated carbocycles. The van der Waals surface area contributed by atoms with Gasteiger partial charge in [-0.1, -0.05) is 11.6 Å². The molecule has 1 unspecified atom stereocenters. The van der Waals surface area contributed by atoms with Crippen LogP contribution in [0.4, 0.5) is 0 Å². The van der Waals surface area contributed by atoms with Crippen molar-refractivity contribution in [2.45, 2.75) is 6.04 Å². The molecule has 0 bridgehead atoms. The van der Waals surface area contributed by atoms with E-state index in [1.807, 2.05) is 0 Å². The van der Waals surface area contributed by atoms with Gasteiger partial charge >= 0.3 is 0 Å². The van der Waals surface area contributed by atoms with Crippen LogP contribution in [-0.4, -0.2) is 26.3 Å². The van der Waals surface area contributed by atoms with Gasteiger partial charge in [0.05, 0.1) is 18.3 Å². The molecule has 2 aromatic rings. The van der Waals surface area contributed by atoms with Gasteiger partial charge in [-0.05, 0) is 12.1 Å². The first kappa shape index (κ1) is 9.39. The number of rotatable bonds is 2. The number of hydrogen-bond donors (Lipinski definition) is 2. The van der Waals surface area contributed by atoms with Gasteiger partial charge in [0.1, 0.15) is 0 Å². The molecule has 1 atom stereocenters. The Labute approximate surface area is 85.1 Å². The molecule has 2 rings (SSSR count). The second-order valence-corrected chi connectivity index (χ2v) is 3.23. The number of imidazole rings is 1. The largest absolute Gasteiger partial charge is 0.394 e. The van der Waals surface area contributed by atoms with E-state index in [1.165, 1.54) is 4.52 Å². The molecule has 0 amide bonds. The Bertz CT molecular complexity index is 456. The third kappa shape index (κ3) is 1.35. The number of fused-ring (bicyclic) bond motifs is 1. The predicted molar refractivity (Wildman–Crippen MR) is 52.0 cm³/mol. The Kier molecular flexibility index (Phi) is 2.37. The zero-order chi connectivity index (χ0) is 10.1. The van der Waals surface area contributed by atoms with Crippen LogP contribution in [-0.2, 0) is 0 Å². The van der Waals surface area contributed by atoms with Crippen LogP contribution in [0.1, 0.15) is 11.7 Å². The van der Waals surface area contributed by atoms with E-state index in [9.17, 15) is 0 Å². The highest BCUT2D eigenvalue weighted by molar-refractivity contribution is 6.30. The number of nitrogens with two attached hydrogens (primary N) is 1. The SMILES string of the molecule is NC(CO)c1nc2cccnn2c1Cl. The summed E-state index contributed by atoms with van der Waals surface area (Å²) in [6.07, 6.45) is 1.61. The van der Waals surface area contributed by atoms with Crippen LogP contribution in [0.15, 0.2) is 18.3 Å². The lowest BCUT2D eigenvalue weighted by molar-refractivity contribution is 0.266. The van der Waals surface area contributed by atoms with Crippen molar-refractivity contribution >= 4 is 17.2 Å². The maximum Gasteiger partial charge on any atom is 0.156 e. The van der Waals surface area contributed by atoms with Crippen LogP contribution in [0.3, 0.4) is 0 Å². The Morgan fingerprint density at radius 2 is 2.43 bits per heavy atom. The second kappa shape index (κ2) is 3.53. The van der Waals surface area contributed by atoms with Crippen LogP contribution >= 0.6 is 11.6 Å². The van der Waals surface area contributed by atoms with Gasteiger partial charge in [0.25, 0.3) is 0 Å². The topological polar surface area (TPSA) is 76.4 Å². The summed E-state index contributed by atoms with van der Waals surface area (Å²) in [6, 6.07) is 2.96. The molecule has 0 fully saturated rings. The van der Waals surface area contributed by atoms with Crippen molar-refractivity contribution < 1.29 is 5.11 Å². The summed E-state index contributed by atoms with van der Waals surface area (Å²) >= 11 is 5.98. The fourth-order valence-electron chi connectivity index (χ4n) is 1.20. The van der Waals surface area contributed by atoms with E-state index < -0.39 is 6.04 Å². The molecule has 3 N–H and O–H groups in total. The van der Waals surface area contributed by atoms with Crippen molar-refractivity contribution in [1.82, 2.24) is 14.6 Å². The van der Waals surface area contributed by atoms with E-state index in [1.54, 1.807) is 18.3 Å². The van der Waals surface area contributed by atoms with Crippen LogP contribution in [0, 0.1) is 0 Å². The number of nitrogens with zero attached hydrogens (tertiary/aromatic N) is 3. The third-order valence-electron chi connectivity index (χ3n) is 1.91. The highest BCUT2D eigenvalue weighted by Crippen LogP contribution is 2.21. The smallest absolute Gasteiger partial charge is 0.156 e. The van der Waals surface area contributed by atoms with Gasteiger partial charge in [-0.15, -0.1) is 0 Å². The third-order valence-corrected chi connectivity index (χ3v) is 2.26. The molecule has 6 heteroatoms. The minimum absolute atomic E-state index is 0.191. The summed E-state index contributed by atoms with van der Waals surface area (Å²) in [6.45, 7) is -0.191. The molecule has 0 spiro atoms. The Balaban J connectivity index is 2.62. The summed E-state index contributed by atoms with van der Waals surface area (Å²) < 4.78 is 1.48. The molecular formula is C8H9ClN4O. The fraction of sp³-hybridized carbons (Fsp3) is 0.250. The van der Waals surface area contributed by atoms with Gasteiger partial charge < -0.3 is 10.8 Å². The normalized spacial score (nSPS) is 13.4. The number of aromatic nitrogens is 3.